The second-order valence-corrected chi connectivity index (χ2v) is 10.3. The van der Waals surface area contributed by atoms with Crippen LogP contribution in [0.25, 0.3) is 11.1 Å². The second kappa shape index (κ2) is 11.1. The first-order valence-electron chi connectivity index (χ1n) is 13.3. The Labute approximate surface area is 243 Å². The molecule has 0 saturated carbocycles. The number of hydrogen-bond acceptors (Lipinski definition) is 6. The van der Waals surface area contributed by atoms with Gasteiger partial charge in [-0.25, -0.2) is 14.1 Å². The third-order valence-corrected chi connectivity index (χ3v) is 7.74. The number of hydrogen-bond donors (Lipinski definition) is 1. The van der Waals surface area contributed by atoms with Gasteiger partial charge in [0.1, 0.15) is 24.1 Å². The molecule has 0 bridgehead atoms. The fourth-order valence-corrected chi connectivity index (χ4v) is 5.29. The Hall–Kier alpha value is -4.81. The van der Waals surface area contributed by atoms with Crippen LogP contribution in [0.2, 0.25) is 0 Å². The van der Waals surface area contributed by atoms with E-state index in [4.69, 9.17) is 4.74 Å². The Morgan fingerprint density at radius 3 is 2.42 bits per heavy atom. The quantitative estimate of drug-likeness (QED) is 0.406. The maximum atomic E-state index is 13.7. The molecule has 224 valence electrons. The second-order valence-electron chi connectivity index (χ2n) is 10.3. The van der Waals surface area contributed by atoms with Gasteiger partial charge in [-0.1, -0.05) is 36.4 Å². The topological polar surface area (TPSA) is 109 Å². The number of nitrogens with zero attached hydrogens (tertiary/aromatic N) is 3. The van der Waals surface area contributed by atoms with Crippen molar-refractivity contribution in [3.63, 3.8) is 0 Å². The van der Waals surface area contributed by atoms with Crippen molar-refractivity contribution < 1.29 is 41.5 Å². The molecule has 9 nitrogen and oxygen atoms in total. The number of halogens is 4. The van der Waals surface area contributed by atoms with Gasteiger partial charge in [0.2, 0.25) is 11.5 Å². The van der Waals surface area contributed by atoms with Gasteiger partial charge >= 0.3 is 12.3 Å². The molecular weight excluding hydrogens is 572 g/mol. The Balaban J connectivity index is 1.37. The average molecular weight is 599 g/mol. The predicted molar refractivity (Wildman–Crippen MR) is 144 cm³/mol. The van der Waals surface area contributed by atoms with Crippen LogP contribution in [-0.2, 0) is 32.9 Å². The third kappa shape index (κ3) is 5.54. The monoisotopic (exact) mass is 598 g/mol. The third-order valence-electron chi connectivity index (χ3n) is 7.74. The molecule has 2 aliphatic rings. The van der Waals surface area contributed by atoms with Gasteiger partial charge in [0, 0.05) is 37.3 Å². The smallest absolute Gasteiger partial charge is 0.418 e. The van der Waals surface area contributed by atoms with Gasteiger partial charge in [-0.15, -0.1) is 0 Å². The molecule has 1 N–H and O–H groups in total. The zero-order valence-electron chi connectivity index (χ0n) is 23.1. The molecule has 0 radical (unpaired) electrons. The lowest BCUT2D eigenvalue weighted by Gasteiger charge is -2.31. The first-order valence-corrected chi connectivity index (χ1v) is 13.3. The number of alkyl halides is 3. The normalized spacial score (nSPS) is 18.4. The van der Waals surface area contributed by atoms with Crippen LogP contribution < -0.4 is 5.32 Å². The molecule has 1 aromatic heterocycles. The Kier molecular flexibility index (Phi) is 7.67. The van der Waals surface area contributed by atoms with Gasteiger partial charge in [-0.2, -0.15) is 13.2 Å². The zero-order valence-corrected chi connectivity index (χ0v) is 23.1. The molecular formula is C30H26F4N4O5. The molecule has 13 heteroatoms. The highest BCUT2D eigenvalue weighted by Gasteiger charge is 2.58. The molecule has 1 aliphatic heterocycles. The van der Waals surface area contributed by atoms with Crippen molar-refractivity contribution in [3.05, 3.63) is 89.0 Å². The van der Waals surface area contributed by atoms with Crippen LogP contribution in [0.3, 0.4) is 0 Å². The first-order chi connectivity index (χ1) is 20.3. The number of nitrogens with one attached hydrogen (secondary N) is 1. The Morgan fingerprint density at radius 2 is 1.79 bits per heavy atom. The summed E-state index contributed by atoms with van der Waals surface area (Å²) < 4.78 is 59.9. The first kappa shape index (κ1) is 29.7. The molecule has 43 heavy (non-hydrogen) atoms. The molecule has 2 aromatic carbocycles. The number of benzene rings is 2. The minimum absolute atomic E-state index is 0.0904. The van der Waals surface area contributed by atoms with E-state index in [1.54, 1.807) is 24.3 Å². The number of pyridine rings is 1. The number of ether oxygens (including phenoxy) is 1. The standard InChI is InChI=1S/C30H26F4N4O5/c1-17(30(32,33)34)37(15-18-3-7-22(31)8-4-18)25(39)16-38-27(41)29(43-28(38)42)12-11-20-13-19(5-9-23(20)29)21-6-10-24(36-14-21)26(40)35-2/h3-10,13-14,17H,11-12,15-16H2,1-2H3,(H,35,40)/t17-,29+/m0/s1. The number of aromatic nitrogens is 1. The highest BCUT2D eigenvalue weighted by Crippen LogP contribution is 2.46. The number of imide groups is 1. The van der Waals surface area contributed by atoms with E-state index in [9.17, 15) is 36.7 Å². The number of amides is 4. The summed E-state index contributed by atoms with van der Waals surface area (Å²) >= 11 is 0. The molecule has 3 aromatic rings. The summed E-state index contributed by atoms with van der Waals surface area (Å²) in [5.41, 5.74) is 1.36. The minimum atomic E-state index is -4.80. The maximum absolute atomic E-state index is 13.7. The number of aryl methyl sites for hydroxylation is 1. The molecule has 2 atom stereocenters. The largest absolute Gasteiger partial charge is 0.427 e. The summed E-state index contributed by atoms with van der Waals surface area (Å²) in [6.07, 6.45) is -3.95. The molecule has 2 heterocycles. The fraction of sp³-hybridized carbons (Fsp3) is 0.300. The van der Waals surface area contributed by atoms with Gasteiger partial charge in [-0.05, 0) is 48.2 Å². The fourth-order valence-electron chi connectivity index (χ4n) is 5.29. The zero-order chi connectivity index (χ0) is 31.1. The van der Waals surface area contributed by atoms with Crippen LogP contribution in [0.15, 0.2) is 60.8 Å². The van der Waals surface area contributed by atoms with Crippen LogP contribution >= 0.6 is 0 Å². The van der Waals surface area contributed by atoms with E-state index in [0.29, 0.717) is 32.9 Å². The van der Waals surface area contributed by atoms with Crippen LogP contribution in [-0.4, -0.2) is 64.4 Å². The molecule has 5 rings (SSSR count). The number of carbonyl (C=O) groups excluding carboxylic acids is 4. The highest BCUT2D eigenvalue weighted by atomic mass is 19.4. The number of carbonyl (C=O) groups is 4. The maximum Gasteiger partial charge on any atom is 0.418 e. The van der Waals surface area contributed by atoms with Gasteiger partial charge < -0.3 is 15.0 Å². The van der Waals surface area contributed by atoms with Crippen LogP contribution in [0.4, 0.5) is 22.4 Å². The van der Waals surface area contributed by atoms with Gasteiger partial charge in [0.15, 0.2) is 0 Å². The summed E-state index contributed by atoms with van der Waals surface area (Å²) in [6, 6.07) is 10.8. The Bertz CT molecular complexity index is 1590. The van der Waals surface area contributed by atoms with Crippen molar-refractivity contribution in [3.8, 4) is 11.1 Å². The lowest BCUT2D eigenvalue weighted by Crippen LogP contribution is -2.51. The molecule has 1 spiro atoms. The van der Waals surface area contributed by atoms with Crippen LogP contribution in [0, 0.1) is 5.82 Å². The summed E-state index contributed by atoms with van der Waals surface area (Å²) in [7, 11) is 1.50. The summed E-state index contributed by atoms with van der Waals surface area (Å²) in [5, 5.41) is 2.49. The van der Waals surface area contributed by atoms with Crippen molar-refractivity contribution in [1.29, 1.82) is 0 Å². The highest BCUT2D eigenvalue weighted by molar-refractivity contribution is 6.06. The Morgan fingerprint density at radius 1 is 1.09 bits per heavy atom. The predicted octanol–water partition coefficient (Wildman–Crippen LogP) is 4.35. The molecule has 4 amide bonds. The van der Waals surface area contributed by atoms with E-state index in [1.165, 1.54) is 25.4 Å². The number of rotatable bonds is 7. The molecule has 1 aliphatic carbocycles. The van der Waals surface area contributed by atoms with Crippen LogP contribution in [0.1, 0.15) is 40.5 Å². The van der Waals surface area contributed by atoms with Gasteiger partial charge in [0.25, 0.3) is 11.8 Å². The van der Waals surface area contributed by atoms with Crippen molar-refractivity contribution in [2.45, 2.75) is 44.1 Å². The van der Waals surface area contributed by atoms with E-state index in [2.05, 4.69) is 10.3 Å². The summed E-state index contributed by atoms with van der Waals surface area (Å²) in [6.45, 7) is -0.691. The molecule has 1 saturated heterocycles. The summed E-state index contributed by atoms with van der Waals surface area (Å²) in [5.74, 6) is -2.90. The van der Waals surface area contributed by atoms with Gasteiger partial charge in [0.05, 0.1) is 0 Å². The van der Waals surface area contributed by atoms with Crippen molar-refractivity contribution in [1.82, 2.24) is 20.1 Å². The summed E-state index contributed by atoms with van der Waals surface area (Å²) in [4.78, 5) is 56.7. The van der Waals surface area contributed by atoms with Gasteiger partial charge in [-0.3, -0.25) is 19.4 Å². The lowest BCUT2D eigenvalue weighted by atomic mass is 9.93. The van der Waals surface area contributed by atoms with E-state index in [-0.39, 0.29) is 23.6 Å². The minimum Gasteiger partial charge on any atom is -0.427 e. The SMILES string of the molecule is CNC(=O)c1ccc(-c2ccc3c(c2)CC[C@@]32OC(=O)N(CC(=O)N(Cc3ccc(F)cc3)[C@@H](C)C(F)(F)F)C2=O)cn1. The van der Waals surface area contributed by atoms with Crippen LogP contribution in [0.5, 0.6) is 0 Å². The van der Waals surface area contributed by atoms with Crippen molar-refractivity contribution in [2.75, 3.05) is 13.6 Å². The average Bonchev–Trinajstić information content (AvgIpc) is 3.47. The van der Waals surface area contributed by atoms with E-state index < -0.39 is 54.6 Å². The molecule has 0 unspecified atom stereocenters. The van der Waals surface area contributed by atoms with Crippen molar-refractivity contribution >= 4 is 23.8 Å². The van der Waals surface area contributed by atoms with E-state index in [1.807, 2.05) is 6.07 Å². The van der Waals surface area contributed by atoms with E-state index >= 15 is 0 Å². The van der Waals surface area contributed by atoms with Crippen molar-refractivity contribution in [2.24, 2.45) is 0 Å². The molecule has 1 fully saturated rings. The lowest BCUT2D eigenvalue weighted by molar-refractivity contribution is -0.187. The number of fused-ring (bicyclic) bond motifs is 2. The van der Waals surface area contributed by atoms with E-state index in [0.717, 1.165) is 24.6 Å².